The van der Waals surface area contributed by atoms with Gasteiger partial charge in [0, 0.05) is 0 Å². The second kappa shape index (κ2) is 6.50. The van der Waals surface area contributed by atoms with E-state index in [1.54, 1.807) is 0 Å². The third-order valence-electron chi connectivity index (χ3n) is 8.31. The molecule has 0 saturated carbocycles. The van der Waals surface area contributed by atoms with Crippen LogP contribution in [0.4, 0.5) is 0 Å². The maximum Gasteiger partial charge on any atom is -0.00137 e. The number of benzene rings is 7. The van der Waals surface area contributed by atoms with Crippen LogP contribution in [0.5, 0.6) is 0 Å². The molecular formula is C36H20. The first-order chi connectivity index (χ1) is 17.9. The Morgan fingerprint density at radius 2 is 0.750 bits per heavy atom. The van der Waals surface area contributed by atoms with E-state index in [9.17, 15) is 0 Å². The van der Waals surface area contributed by atoms with Crippen molar-refractivity contribution in [1.82, 2.24) is 0 Å². The zero-order valence-electron chi connectivity index (χ0n) is 19.5. The number of fused-ring (bicyclic) bond motifs is 8. The minimum Gasteiger partial charge on any atom is -0.0622 e. The van der Waals surface area contributed by atoms with E-state index < -0.39 is 0 Å². The van der Waals surface area contributed by atoms with Gasteiger partial charge in [-0.2, -0.15) is 0 Å². The number of hydrogen-bond donors (Lipinski definition) is 0. The van der Waals surface area contributed by atoms with E-state index in [0.29, 0.717) is 0 Å². The topological polar surface area (TPSA) is 0 Å². The SMILES string of the molecule is c1ccc(-c2c3ccccc3c3c4cc5c(cc4c4cccc2c43)c2cccc3cccc5c32)cc1. The molecule has 0 aromatic heterocycles. The minimum absolute atomic E-state index is 1.27. The fourth-order valence-electron chi connectivity index (χ4n) is 6.91. The Morgan fingerprint density at radius 1 is 0.278 bits per heavy atom. The monoisotopic (exact) mass is 452 g/mol. The standard InChI is InChI=1S/C36H20/c1-2-9-21(10-3-1)34-23-13-4-5-14-24(23)36-32-20-30-26-16-7-12-22-11-6-15-25(33(22)26)29(30)19-31(32)27-17-8-18-28(34)35(27)36/h1-20H. The highest BCUT2D eigenvalue weighted by molar-refractivity contribution is 6.42. The van der Waals surface area contributed by atoms with Gasteiger partial charge < -0.3 is 0 Å². The summed E-state index contributed by atoms with van der Waals surface area (Å²) in [6, 6.07) is 45.1. The average Bonchev–Trinajstić information content (AvgIpc) is 3.44. The summed E-state index contributed by atoms with van der Waals surface area (Å²) in [7, 11) is 0. The molecule has 0 heterocycles. The maximum absolute atomic E-state index is 2.48. The first-order valence-electron chi connectivity index (χ1n) is 12.6. The van der Waals surface area contributed by atoms with Gasteiger partial charge in [0.2, 0.25) is 0 Å². The molecular weight excluding hydrogens is 432 g/mol. The molecule has 0 nitrogen and oxygen atoms in total. The molecule has 0 heteroatoms. The van der Waals surface area contributed by atoms with E-state index in [-0.39, 0.29) is 0 Å². The van der Waals surface area contributed by atoms with E-state index >= 15 is 0 Å². The Hall–Kier alpha value is -4.68. The molecule has 0 N–H and O–H groups in total. The number of rotatable bonds is 1. The van der Waals surface area contributed by atoms with Crippen molar-refractivity contribution >= 4 is 75.4 Å². The average molecular weight is 453 g/mol. The van der Waals surface area contributed by atoms with Crippen LogP contribution in [-0.2, 0) is 0 Å². The van der Waals surface area contributed by atoms with Crippen LogP contribution in [-0.4, -0.2) is 0 Å². The summed E-state index contributed by atoms with van der Waals surface area (Å²) in [4.78, 5) is 0. The zero-order valence-corrected chi connectivity index (χ0v) is 19.5. The summed E-state index contributed by atoms with van der Waals surface area (Å²) in [6.45, 7) is 0. The highest BCUT2D eigenvalue weighted by Gasteiger charge is 2.21. The number of hydrogen-bond acceptors (Lipinski definition) is 0. The van der Waals surface area contributed by atoms with Crippen LogP contribution < -0.4 is 0 Å². The molecule has 0 bridgehead atoms. The van der Waals surface area contributed by atoms with E-state index in [0.717, 1.165) is 0 Å². The molecule has 0 radical (unpaired) electrons. The van der Waals surface area contributed by atoms with Crippen molar-refractivity contribution in [3.05, 3.63) is 121 Å². The highest BCUT2D eigenvalue weighted by atomic mass is 14.2. The predicted molar refractivity (Wildman–Crippen MR) is 157 cm³/mol. The fraction of sp³-hybridized carbons (Fsp3) is 0. The van der Waals surface area contributed by atoms with Gasteiger partial charge in [0.1, 0.15) is 0 Å². The molecule has 164 valence electrons. The lowest BCUT2D eigenvalue weighted by Crippen LogP contribution is -1.86. The Labute approximate surface area is 207 Å². The van der Waals surface area contributed by atoms with Crippen LogP contribution in [0, 0.1) is 0 Å². The first-order valence-corrected chi connectivity index (χ1v) is 12.6. The molecule has 0 aliphatic heterocycles. The van der Waals surface area contributed by atoms with Crippen molar-refractivity contribution in [3.63, 3.8) is 0 Å². The molecule has 0 atom stereocenters. The molecule has 36 heavy (non-hydrogen) atoms. The quantitative estimate of drug-likeness (QED) is 0.217. The Morgan fingerprint density at radius 3 is 1.50 bits per heavy atom. The molecule has 9 aromatic rings. The Bertz CT molecular complexity index is 2280. The summed E-state index contributed by atoms with van der Waals surface area (Å²) < 4.78 is 0. The van der Waals surface area contributed by atoms with Crippen molar-refractivity contribution in [2.45, 2.75) is 0 Å². The van der Waals surface area contributed by atoms with E-state index in [2.05, 4.69) is 121 Å². The molecule has 9 aromatic carbocycles. The van der Waals surface area contributed by atoms with E-state index in [1.165, 1.54) is 86.5 Å². The lowest BCUT2D eigenvalue weighted by Gasteiger charge is -2.13. The van der Waals surface area contributed by atoms with E-state index in [4.69, 9.17) is 0 Å². The largest absolute Gasteiger partial charge is 0.0622 e. The lowest BCUT2D eigenvalue weighted by molar-refractivity contribution is 1.68. The summed E-state index contributed by atoms with van der Waals surface area (Å²) in [5.74, 6) is 0. The van der Waals surface area contributed by atoms with Gasteiger partial charge in [-0.3, -0.25) is 0 Å². The molecule has 0 spiro atoms. The van der Waals surface area contributed by atoms with Crippen molar-refractivity contribution in [2.24, 2.45) is 0 Å². The Kier molecular flexibility index (Phi) is 3.36. The van der Waals surface area contributed by atoms with Gasteiger partial charge in [0.15, 0.2) is 0 Å². The van der Waals surface area contributed by atoms with Crippen molar-refractivity contribution < 1.29 is 0 Å². The summed E-state index contributed by atoms with van der Waals surface area (Å²) in [5, 5.41) is 19.0. The van der Waals surface area contributed by atoms with Gasteiger partial charge in [-0.05, 0) is 98.7 Å². The lowest BCUT2D eigenvalue weighted by atomic mass is 9.90. The zero-order chi connectivity index (χ0) is 23.4. The molecule has 0 aliphatic carbocycles. The molecule has 0 unspecified atom stereocenters. The van der Waals surface area contributed by atoms with Crippen LogP contribution in [0.25, 0.3) is 86.5 Å². The summed E-state index contributed by atoms with van der Waals surface area (Å²) >= 11 is 0. The smallest absolute Gasteiger partial charge is 0.00137 e. The highest BCUT2D eigenvalue weighted by Crippen LogP contribution is 2.49. The molecule has 0 amide bonds. The third kappa shape index (κ3) is 2.16. The fourth-order valence-corrected chi connectivity index (χ4v) is 6.91. The van der Waals surface area contributed by atoms with Crippen LogP contribution in [0.15, 0.2) is 121 Å². The van der Waals surface area contributed by atoms with Crippen molar-refractivity contribution in [1.29, 1.82) is 0 Å². The van der Waals surface area contributed by atoms with Gasteiger partial charge in [-0.1, -0.05) is 109 Å². The van der Waals surface area contributed by atoms with Gasteiger partial charge in [0.25, 0.3) is 0 Å². The molecule has 0 aliphatic rings. The van der Waals surface area contributed by atoms with Crippen LogP contribution in [0.2, 0.25) is 0 Å². The van der Waals surface area contributed by atoms with Crippen molar-refractivity contribution in [3.8, 4) is 11.1 Å². The maximum atomic E-state index is 2.48. The minimum atomic E-state index is 1.27. The van der Waals surface area contributed by atoms with Crippen molar-refractivity contribution in [2.75, 3.05) is 0 Å². The second-order valence-electron chi connectivity index (χ2n) is 10.0. The van der Waals surface area contributed by atoms with Gasteiger partial charge in [-0.15, -0.1) is 0 Å². The van der Waals surface area contributed by atoms with Crippen LogP contribution in [0.1, 0.15) is 0 Å². The predicted octanol–water partition coefficient (Wildman–Crippen LogP) is 10.3. The first kappa shape index (κ1) is 18.6. The van der Waals surface area contributed by atoms with Gasteiger partial charge >= 0.3 is 0 Å². The van der Waals surface area contributed by atoms with Crippen LogP contribution >= 0.6 is 0 Å². The second-order valence-corrected chi connectivity index (χ2v) is 10.0. The van der Waals surface area contributed by atoms with Gasteiger partial charge in [0.05, 0.1) is 0 Å². The van der Waals surface area contributed by atoms with Crippen LogP contribution in [0.3, 0.4) is 0 Å². The molecule has 0 fully saturated rings. The molecule has 0 saturated heterocycles. The normalized spacial score (nSPS) is 12.4. The molecule has 9 rings (SSSR count). The Balaban J connectivity index is 1.58. The third-order valence-corrected chi connectivity index (χ3v) is 8.31. The van der Waals surface area contributed by atoms with E-state index in [1.807, 2.05) is 0 Å². The summed E-state index contributed by atoms with van der Waals surface area (Å²) in [5.41, 5.74) is 2.61. The van der Waals surface area contributed by atoms with Gasteiger partial charge in [-0.25, -0.2) is 0 Å². The summed E-state index contributed by atoms with van der Waals surface area (Å²) in [6.07, 6.45) is 0.